The van der Waals surface area contributed by atoms with Gasteiger partial charge in [0.2, 0.25) is 0 Å². The van der Waals surface area contributed by atoms with Crippen molar-refractivity contribution in [3.05, 3.63) is 29.0 Å². The minimum absolute atomic E-state index is 0.00532. The van der Waals surface area contributed by atoms with Crippen LogP contribution in [0.1, 0.15) is 6.92 Å². The number of nitrogens with two attached hydrogens (primary N) is 1. The van der Waals surface area contributed by atoms with Gasteiger partial charge in [0, 0.05) is 25.6 Å². The molecule has 3 nitrogen and oxygen atoms in total. The standard InChI is InChI=1S/C12H18ClFN2O/c1-8(7-17-2)12(6-15)16-11-5-9(14)3-4-10(11)13/h3-5,8,12,16H,6-7,15H2,1-2H3. The molecule has 2 atom stereocenters. The average molecular weight is 261 g/mol. The van der Waals surface area contributed by atoms with Gasteiger partial charge in [0.1, 0.15) is 5.82 Å². The lowest BCUT2D eigenvalue weighted by Crippen LogP contribution is -2.37. The van der Waals surface area contributed by atoms with Crippen LogP contribution in [0.4, 0.5) is 10.1 Å². The van der Waals surface area contributed by atoms with E-state index in [-0.39, 0.29) is 17.8 Å². The zero-order chi connectivity index (χ0) is 12.8. The Balaban J connectivity index is 2.76. The van der Waals surface area contributed by atoms with E-state index in [9.17, 15) is 4.39 Å². The van der Waals surface area contributed by atoms with Gasteiger partial charge in [0.05, 0.1) is 17.3 Å². The molecular weight excluding hydrogens is 243 g/mol. The Labute approximate surface area is 106 Å². The Morgan fingerprint density at radius 3 is 2.82 bits per heavy atom. The first-order valence-corrected chi connectivity index (χ1v) is 5.86. The SMILES string of the molecule is COCC(C)C(CN)Nc1cc(F)ccc1Cl. The fourth-order valence-electron chi connectivity index (χ4n) is 1.62. The van der Waals surface area contributed by atoms with Crippen LogP contribution in [0.25, 0.3) is 0 Å². The summed E-state index contributed by atoms with van der Waals surface area (Å²) in [4.78, 5) is 0. The van der Waals surface area contributed by atoms with Crippen LogP contribution >= 0.6 is 11.6 Å². The fraction of sp³-hybridized carbons (Fsp3) is 0.500. The van der Waals surface area contributed by atoms with Crippen LogP contribution in [0, 0.1) is 11.7 Å². The van der Waals surface area contributed by atoms with Crippen molar-refractivity contribution < 1.29 is 9.13 Å². The van der Waals surface area contributed by atoms with E-state index >= 15 is 0 Å². The summed E-state index contributed by atoms with van der Waals surface area (Å²) in [6, 6.07) is 4.20. The van der Waals surface area contributed by atoms with E-state index < -0.39 is 0 Å². The maximum Gasteiger partial charge on any atom is 0.125 e. The molecule has 1 aromatic carbocycles. The maximum atomic E-state index is 13.1. The van der Waals surface area contributed by atoms with E-state index in [2.05, 4.69) is 5.32 Å². The zero-order valence-electron chi connectivity index (χ0n) is 10.0. The largest absolute Gasteiger partial charge is 0.384 e. The van der Waals surface area contributed by atoms with Crippen molar-refractivity contribution in [2.45, 2.75) is 13.0 Å². The van der Waals surface area contributed by atoms with Gasteiger partial charge < -0.3 is 15.8 Å². The van der Waals surface area contributed by atoms with E-state index in [0.717, 1.165) is 0 Å². The fourth-order valence-corrected chi connectivity index (χ4v) is 1.79. The molecule has 0 fully saturated rings. The molecule has 0 spiro atoms. The highest BCUT2D eigenvalue weighted by Gasteiger charge is 2.16. The molecule has 17 heavy (non-hydrogen) atoms. The molecule has 1 aromatic rings. The molecular formula is C12H18ClFN2O. The minimum Gasteiger partial charge on any atom is -0.384 e. The number of halogens is 2. The quantitative estimate of drug-likeness (QED) is 0.826. The molecule has 0 aromatic heterocycles. The Hall–Kier alpha value is -0.840. The van der Waals surface area contributed by atoms with E-state index in [1.54, 1.807) is 7.11 Å². The lowest BCUT2D eigenvalue weighted by Gasteiger charge is -2.24. The first-order valence-electron chi connectivity index (χ1n) is 5.49. The highest BCUT2D eigenvalue weighted by Crippen LogP contribution is 2.24. The van der Waals surface area contributed by atoms with E-state index in [1.807, 2.05) is 6.92 Å². The summed E-state index contributed by atoms with van der Waals surface area (Å²) in [5.74, 6) is -0.114. The highest BCUT2D eigenvalue weighted by molar-refractivity contribution is 6.33. The molecule has 2 unspecified atom stereocenters. The molecule has 96 valence electrons. The van der Waals surface area contributed by atoms with Crippen LogP contribution < -0.4 is 11.1 Å². The highest BCUT2D eigenvalue weighted by atomic mass is 35.5. The molecule has 5 heteroatoms. The molecule has 0 aliphatic carbocycles. The van der Waals surface area contributed by atoms with Gasteiger partial charge in [-0.3, -0.25) is 0 Å². The number of anilines is 1. The van der Waals surface area contributed by atoms with Crippen LogP contribution in [-0.2, 0) is 4.74 Å². The summed E-state index contributed by atoms with van der Waals surface area (Å²) >= 11 is 5.98. The van der Waals surface area contributed by atoms with Gasteiger partial charge in [-0.05, 0) is 18.2 Å². The van der Waals surface area contributed by atoms with Crippen molar-refractivity contribution in [2.75, 3.05) is 25.6 Å². The molecule has 0 saturated heterocycles. The van der Waals surface area contributed by atoms with Crippen molar-refractivity contribution in [1.29, 1.82) is 0 Å². The van der Waals surface area contributed by atoms with Crippen LogP contribution in [0.15, 0.2) is 18.2 Å². The van der Waals surface area contributed by atoms with Crippen molar-refractivity contribution in [3.63, 3.8) is 0 Å². The molecule has 0 bridgehead atoms. The molecule has 0 aliphatic rings. The first kappa shape index (κ1) is 14.2. The van der Waals surface area contributed by atoms with Crippen molar-refractivity contribution >= 4 is 17.3 Å². The Bertz CT molecular complexity index is 362. The second-order valence-corrected chi connectivity index (χ2v) is 4.45. The van der Waals surface area contributed by atoms with Gasteiger partial charge in [0.25, 0.3) is 0 Å². The third-order valence-corrected chi connectivity index (χ3v) is 2.97. The predicted molar refractivity (Wildman–Crippen MR) is 68.9 cm³/mol. The number of benzene rings is 1. The zero-order valence-corrected chi connectivity index (χ0v) is 10.8. The Morgan fingerprint density at radius 2 is 2.24 bits per heavy atom. The van der Waals surface area contributed by atoms with Gasteiger partial charge in [0.15, 0.2) is 0 Å². The number of hydrogen-bond donors (Lipinski definition) is 2. The summed E-state index contributed by atoms with van der Waals surface area (Å²) in [5, 5.41) is 3.63. The van der Waals surface area contributed by atoms with E-state index in [1.165, 1.54) is 18.2 Å². The molecule has 0 amide bonds. The topological polar surface area (TPSA) is 47.3 Å². The molecule has 1 rings (SSSR count). The summed E-state index contributed by atoms with van der Waals surface area (Å²) in [6.45, 7) is 3.03. The smallest absolute Gasteiger partial charge is 0.125 e. The van der Waals surface area contributed by atoms with Crippen LogP contribution in [0.5, 0.6) is 0 Å². The summed E-state index contributed by atoms with van der Waals surface area (Å²) < 4.78 is 18.2. The van der Waals surface area contributed by atoms with E-state index in [4.69, 9.17) is 22.1 Å². The second kappa shape index (κ2) is 6.79. The monoisotopic (exact) mass is 260 g/mol. The van der Waals surface area contributed by atoms with Crippen molar-refractivity contribution in [2.24, 2.45) is 11.7 Å². The van der Waals surface area contributed by atoms with Gasteiger partial charge in [-0.2, -0.15) is 0 Å². The number of hydrogen-bond acceptors (Lipinski definition) is 3. The third-order valence-electron chi connectivity index (χ3n) is 2.64. The molecule has 0 saturated carbocycles. The van der Waals surface area contributed by atoms with Gasteiger partial charge in [-0.1, -0.05) is 18.5 Å². The van der Waals surface area contributed by atoms with Gasteiger partial charge in [-0.15, -0.1) is 0 Å². The van der Waals surface area contributed by atoms with Crippen molar-refractivity contribution in [1.82, 2.24) is 0 Å². The lowest BCUT2D eigenvalue weighted by atomic mass is 10.0. The lowest BCUT2D eigenvalue weighted by molar-refractivity contribution is 0.151. The first-order chi connectivity index (χ1) is 8.08. The number of methoxy groups -OCH3 is 1. The average Bonchev–Trinajstić information content (AvgIpc) is 2.30. The predicted octanol–water partition coefficient (Wildman–Crippen LogP) is 2.50. The van der Waals surface area contributed by atoms with Crippen LogP contribution in [-0.4, -0.2) is 26.3 Å². The molecule has 3 N–H and O–H groups in total. The minimum atomic E-state index is -0.327. The molecule has 0 aliphatic heterocycles. The summed E-state index contributed by atoms with van der Waals surface area (Å²) in [6.07, 6.45) is 0. The number of rotatable bonds is 6. The van der Waals surface area contributed by atoms with Crippen LogP contribution in [0.3, 0.4) is 0 Å². The maximum absolute atomic E-state index is 13.1. The third kappa shape index (κ3) is 4.15. The van der Waals surface area contributed by atoms with Crippen LogP contribution in [0.2, 0.25) is 5.02 Å². The van der Waals surface area contributed by atoms with Gasteiger partial charge in [-0.25, -0.2) is 4.39 Å². The van der Waals surface area contributed by atoms with Gasteiger partial charge >= 0.3 is 0 Å². The van der Waals surface area contributed by atoms with E-state index in [0.29, 0.717) is 23.9 Å². The summed E-state index contributed by atoms with van der Waals surface area (Å²) in [5.41, 5.74) is 6.25. The Kier molecular flexibility index (Phi) is 5.68. The molecule has 0 heterocycles. The normalized spacial score (nSPS) is 14.4. The van der Waals surface area contributed by atoms with Crippen molar-refractivity contribution in [3.8, 4) is 0 Å². The Morgan fingerprint density at radius 1 is 1.53 bits per heavy atom. The second-order valence-electron chi connectivity index (χ2n) is 4.04. The number of ether oxygens (including phenoxy) is 1. The molecule has 0 radical (unpaired) electrons. The summed E-state index contributed by atoms with van der Waals surface area (Å²) in [7, 11) is 1.64. The number of nitrogens with one attached hydrogen (secondary N) is 1.